The number of carbonyl (C=O) groups excluding carboxylic acids is 2. The topological polar surface area (TPSA) is 52.6 Å². The van der Waals surface area contributed by atoms with E-state index in [-0.39, 0.29) is 12.2 Å². The van der Waals surface area contributed by atoms with E-state index < -0.39 is 11.9 Å². The lowest BCUT2D eigenvalue weighted by molar-refractivity contribution is -0.141. The summed E-state index contributed by atoms with van der Waals surface area (Å²) in [4.78, 5) is 26.2. The van der Waals surface area contributed by atoms with Crippen LogP contribution < -0.4 is 0 Å². The molecule has 0 atom stereocenters. The average Bonchev–Trinajstić information content (AvgIpc) is 3.42. The van der Waals surface area contributed by atoms with Gasteiger partial charge in [-0.1, -0.05) is 92.7 Å². The molecule has 0 aliphatic heterocycles. The molecule has 0 fully saturated rings. The fourth-order valence-electron chi connectivity index (χ4n) is 4.95. The van der Waals surface area contributed by atoms with Crippen molar-refractivity contribution >= 4 is 34.2 Å². The van der Waals surface area contributed by atoms with E-state index in [1.54, 1.807) is 0 Å². The number of ether oxygens (including phenoxy) is 2. The van der Waals surface area contributed by atoms with Gasteiger partial charge in [-0.2, -0.15) is 0 Å². The molecule has 4 nitrogen and oxygen atoms in total. The summed E-state index contributed by atoms with van der Waals surface area (Å²) in [5, 5.41) is 0. The lowest BCUT2D eigenvalue weighted by Gasteiger charge is -2.14. The van der Waals surface area contributed by atoms with Crippen molar-refractivity contribution in [2.75, 3.05) is 13.2 Å². The van der Waals surface area contributed by atoms with Gasteiger partial charge >= 0.3 is 11.9 Å². The Balaban J connectivity index is 1.81. The van der Waals surface area contributed by atoms with Crippen molar-refractivity contribution in [3.63, 3.8) is 0 Å². The second-order valence-corrected chi connectivity index (χ2v) is 8.82. The van der Waals surface area contributed by atoms with E-state index in [1.165, 1.54) is 6.08 Å². The van der Waals surface area contributed by atoms with E-state index in [9.17, 15) is 9.59 Å². The maximum absolute atomic E-state index is 13.4. The summed E-state index contributed by atoms with van der Waals surface area (Å²) in [6, 6.07) is 26.6. The second kappa shape index (κ2) is 10.2. The molecular formula is C32H28O4. The fourth-order valence-corrected chi connectivity index (χ4v) is 4.95. The third-order valence-electron chi connectivity index (χ3n) is 6.38. The quantitative estimate of drug-likeness (QED) is 0.268. The van der Waals surface area contributed by atoms with Crippen LogP contribution in [0.3, 0.4) is 0 Å². The van der Waals surface area contributed by atoms with Gasteiger partial charge in [-0.05, 0) is 57.4 Å². The zero-order valence-corrected chi connectivity index (χ0v) is 20.5. The molecular weight excluding hydrogens is 448 g/mol. The zero-order valence-electron chi connectivity index (χ0n) is 20.5. The first kappa shape index (κ1) is 23.6. The van der Waals surface area contributed by atoms with Crippen molar-refractivity contribution in [3.05, 3.63) is 118 Å². The van der Waals surface area contributed by atoms with Crippen LogP contribution in [-0.2, 0) is 19.1 Å². The first-order valence-corrected chi connectivity index (χ1v) is 12.5. The number of allylic oxidation sites excluding steroid dienone is 2. The summed E-state index contributed by atoms with van der Waals surface area (Å²) in [6.07, 6.45) is 2.69. The minimum absolute atomic E-state index is 0.228. The minimum atomic E-state index is -0.544. The molecule has 3 aromatic rings. The number of hydrogen-bond acceptors (Lipinski definition) is 4. The third kappa shape index (κ3) is 4.09. The van der Waals surface area contributed by atoms with Crippen LogP contribution in [0.1, 0.15) is 54.5 Å². The van der Waals surface area contributed by atoms with Crippen molar-refractivity contribution in [3.8, 4) is 0 Å². The zero-order chi connectivity index (χ0) is 25.1. The summed E-state index contributed by atoms with van der Waals surface area (Å²) in [6.45, 7) is 4.45. The summed E-state index contributed by atoms with van der Waals surface area (Å²) in [5.41, 5.74) is 9.29. The molecule has 36 heavy (non-hydrogen) atoms. The van der Waals surface area contributed by atoms with Crippen molar-refractivity contribution in [2.24, 2.45) is 0 Å². The Bertz CT molecular complexity index is 1420. The number of benzene rings is 3. The molecule has 0 saturated heterocycles. The van der Waals surface area contributed by atoms with E-state index in [0.717, 1.165) is 44.5 Å². The number of esters is 2. The molecule has 180 valence electrons. The standard InChI is InChI=1S/C32H28O4/c1-3-18-35-27(33)20-26(32(34)36-19-4-2)29-23-15-9-11-17-25(23)30-28(21-12-6-5-7-13-21)22-14-8-10-16-24(22)31(29)30/h5-17,20H,3-4,18-19H2,1-2H3/b26-20-. The molecule has 0 unspecified atom stereocenters. The molecule has 5 rings (SSSR count). The molecule has 0 spiro atoms. The molecule has 2 aliphatic rings. The highest BCUT2D eigenvalue weighted by molar-refractivity contribution is 6.37. The predicted octanol–water partition coefficient (Wildman–Crippen LogP) is 6.72. The molecule has 0 aromatic heterocycles. The number of fused-ring (bicyclic) bond motifs is 5. The van der Waals surface area contributed by atoms with Crippen LogP contribution in [0.15, 0.2) is 90.5 Å². The lowest BCUT2D eigenvalue weighted by Crippen LogP contribution is -2.13. The first-order valence-electron chi connectivity index (χ1n) is 12.5. The Labute approximate surface area is 211 Å². The van der Waals surface area contributed by atoms with Gasteiger partial charge in [0.1, 0.15) is 0 Å². The van der Waals surface area contributed by atoms with Crippen LogP contribution in [-0.4, -0.2) is 25.2 Å². The van der Waals surface area contributed by atoms with Gasteiger partial charge in [0.05, 0.1) is 18.8 Å². The highest BCUT2D eigenvalue weighted by Gasteiger charge is 2.39. The predicted molar refractivity (Wildman–Crippen MR) is 143 cm³/mol. The van der Waals surface area contributed by atoms with E-state index in [4.69, 9.17) is 9.47 Å². The largest absolute Gasteiger partial charge is 0.463 e. The molecule has 0 N–H and O–H groups in total. The van der Waals surface area contributed by atoms with Gasteiger partial charge in [0.2, 0.25) is 0 Å². The Hall–Kier alpha value is -4.18. The molecule has 0 radical (unpaired) electrons. The van der Waals surface area contributed by atoms with Gasteiger partial charge < -0.3 is 9.47 Å². The third-order valence-corrected chi connectivity index (χ3v) is 6.38. The smallest absolute Gasteiger partial charge is 0.339 e. The van der Waals surface area contributed by atoms with Crippen molar-refractivity contribution in [1.82, 2.24) is 0 Å². The molecule has 0 saturated carbocycles. The molecule has 2 aliphatic carbocycles. The Morgan fingerprint density at radius 3 is 1.81 bits per heavy atom. The fraction of sp³-hybridized carbons (Fsp3) is 0.188. The number of carbonyl (C=O) groups is 2. The van der Waals surface area contributed by atoms with E-state index in [0.29, 0.717) is 25.0 Å². The number of hydrogen-bond donors (Lipinski definition) is 0. The summed E-state index contributed by atoms with van der Waals surface area (Å²) < 4.78 is 10.9. The average molecular weight is 477 g/mol. The molecule has 0 heterocycles. The van der Waals surface area contributed by atoms with Gasteiger partial charge in [-0.15, -0.1) is 0 Å². The van der Waals surface area contributed by atoms with Gasteiger partial charge in [0, 0.05) is 11.6 Å². The van der Waals surface area contributed by atoms with Crippen LogP contribution >= 0.6 is 0 Å². The van der Waals surface area contributed by atoms with E-state index in [1.807, 2.05) is 62.4 Å². The maximum Gasteiger partial charge on any atom is 0.339 e. The van der Waals surface area contributed by atoms with Crippen molar-refractivity contribution in [1.29, 1.82) is 0 Å². The summed E-state index contributed by atoms with van der Waals surface area (Å²) >= 11 is 0. The van der Waals surface area contributed by atoms with E-state index >= 15 is 0 Å². The lowest BCUT2D eigenvalue weighted by atomic mass is 9.92. The first-order chi connectivity index (χ1) is 17.7. The maximum atomic E-state index is 13.4. The Kier molecular flexibility index (Phi) is 6.68. The Morgan fingerprint density at radius 2 is 1.17 bits per heavy atom. The summed E-state index contributed by atoms with van der Waals surface area (Å²) in [7, 11) is 0. The Morgan fingerprint density at radius 1 is 0.639 bits per heavy atom. The molecule has 4 heteroatoms. The van der Waals surface area contributed by atoms with Crippen LogP contribution in [0.4, 0.5) is 0 Å². The molecule has 3 aromatic carbocycles. The van der Waals surface area contributed by atoms with Crippen LogP contribution in [0, 0.1) is 0 Å². The SMILES string of the molecule is CCCOC(=O)/C=C(\C(=O)OCCC)C1=C2C(=C(c3ccccc3)c3ccccc32)c2ccccc21. The van der Waals surface area contributed by atoms with Crippen LogP contribution in [0.5, 0.6) is 0 Å². The van der Waals surface area contributed by atoms with Gasteiger partial charge in [-0.25, -0.2) is 9.59 Å². The molecule has 0 amide bonds. The normalized spacial score (nSPS) is 13.9. The number of rotatable bonds is 8. The van der Waals surface area contributed by atoms with Gasteiger partial charge in [-0.3, -0.25) is 0 Å². The highest BCUT2D eigenvalue weighted by Crippen LogP contribution is 2.58. The van der Waals surface area contributed by atoms with Crippen molar-refractivity contribution in [2.45, 2.75) is 26.7 Å². The summed E-state index contributed by atoms with van der Waals surface area (Å²) in [5.74, 6) is -1.06. The minimum Gasteiger partial charge on any atom is -0.463 e. The van der Waals surface area contributed by atoms with Crippen LogP contribution in [0.2, 0.25) is 0 Å². The van der Waals surface area contributed by atoms with E-state index in [2.05, 4.69) is 30.3 Å². The second-order valence-electron chi connectivity index (χ2n) is 8.82. The van der Waals surface area contributed by atoms with Gasteiger partial charge in [0.15, 0.2) is 0 Å². The molecule has 0 bridgehead atoms. The monoisotopic (exact) mass is 476 g/mol. The van der Waals surface area contributed by atoms with Gasteiger partial charge in [0.25, 0.3) is 0 Å². The highest BCUT2D eigenvalue weighted by atomic mass is 16.5. The van der Waals surface area contributed by atoms with Crippen molar-refractivity contribution < 1.29 is 19.1 Å². The van der Waals surface area contributed by atoms with Crippen LogP contribution in [0.25, 0.3) is 22.3 Å².